The summed E-state index contributed by atoms with van der Waals surface area (Å²) in [6.07, 6.45) is 3.43. The molecule has 1 saturated heterocycles. The second-order valence-corrected chi connectivity index (χ2v) is 4.96. The molecular formula is C13H17ClFNO. The monoisotopic (exact) mass is 257 g/mol. The van der Waals surface area contributed by atoms with Crippen molar-refractivity contribution in [3.05, 3.63) is 34.6 Å². The zero-order valence-corrected chi connectivity index (χ0v) is 10.4. The van der Waals surface area contributed by atoms with Crippen LogP contribution >= 0.6 is 11.6 Å². The van der Waals surface area contributed by atoms with Gasteiger partial charge in [-0.1, -0.05) is 30.5 Å². The Hall–Kier alpha value is -0.640. The van der Waals surface area contributed by atoms with Crippen molar-refractivity contribution in [2.24, 2.45) is 0 Å². The van der Waals surface area contributed by atoms with E-state index in [0.717, 1.165) is 25.8 Å². The molecule has 2 nitrogen and oxygen atoms in total. The summed E-state index contributed by atoms with van der Waals surface area (Å²) in [5.41, 5.74) is 0.328. The van der Waals surface area contributed by atoms with Crippen LogP contribution in [0.3, 0.4) is 0 Å². The molecule has 1 aliphatic heterocycles. The van der Waals surface area contributed by atoms with Crippen molar-refractivity contribution in [2.45, 2.75) is 37.8 Å². The quantitative estimate of drug-likeness (QED) is 0.854. The van der Waals surface area contributed by atoms with Crippen molar-refractivity contribution in [2.75, 3.05) is 6.54 Å². The van der Waals surface area contributed by atoms with Gasteiger partial charge in [-0.15, -0.1) is 0 Å². The van der Waals surface area contributed by atoms with Crippen LogP contribution in [0.25, 0.3) is 0 Å². The van der Waals surface area contributed by atoms with Gasteiger partial charge in [0, 0.05) is 16.6 Å². The van der Waals surface area contributed by atoms with Crippen LogP contribution in [0.15, 0.2) is 18.2 Å². The van der Waals surface area contributed by atoms with Gasteiger partial charge in [0.15, 0.2) is 0 Å². The molecule has 17 heavy (non-hydrogen) atoms. The molecule has 2 N–H and O–H groups in total. The Morgan fingerprint density at radius 1 is 1.35 bits per heavy atom. The van der Waals surface area contributed by atoms with E-state index < -0.39 is 11.9 Å². The first-order valence-electron chi connectivity index (χ1n) is 6.05. The lowest BCUT2D eigenvalue weighted by atomic mass is 9.98. The van der Waals surface area contributed by atoms with E-state index in [1.54, 1.807) is 12.1 Å². The Bertz CT molecular complexity index is 378. The molecule has 0 amide bonds. The third-order valence-electron chi connectivity index (χ3n) is 3.26. The van der Waals surface area contributed by atoms with Gasteiger partial charge in [0.25, 0.3) is 0 Å². The zero-order chi connectivity index (χ0) is 12.3. The molecule has 0 aliphatic carbocycles. The third-order valence-corrected chi connectivity index (χ3v) is 3.50. The molecule has 2 unspecified atom stereocenters. The van der Waals surface area contributed by atoms with Crippen molar-refractivity contribution in [1.82, 2.24) is 5.32 Å². The number of hydrogen-bond donors (Lipinski definition) is 2. The number of aliphatic hydroxyl groups excluding tert-OH is 1. The summed E-state index contributed by atoms with van der Waals surface area (Å²) >= 11 is 5.70. The highest BCUT2D eigenvalue weighted by Crippen LogP contribution is 2.26. The lowest BCUT2D eigenvalue weighted by Crippen LogP contribution is -2.34. The molecule has 94 valence electrons. The molecular weight excluding hydrogens is 241 g/mol. The molecule has 0 radical (unpaired) electrons. The molecule has 2 atom stereocenters. The molecule has 1 aliphatic rings. The highest BCUT2D eigenvalue weighted by Gasteiger charge is 2.24. The highest BCUT2D eigenvalue weighted by molar-refractivity contribution is 6.30. The lowest BCUT2D eigenvalue weighted by Gasteiger charge is -2.23. The van der Waals surface area contributed by atoms with Crippen molar-refractivity contribution in [3.8, 4) is 0 Å². The van der Waals surface area contributed by atoms with Gasteiger partial charge in [0.1, 0.15) is 5.82 Å². The standard InChI is InChI=1S/C13H17ClFNO/c14-9-5-6-10(11(15)8-9)13(17)12-4-2-1-3-7-16-12/h5-6,8,12-13,16-17H,1-4,7H2. The highest BCUT2D eigenvalue weighted by atomic mass is 35.5. The summed E-state index contributed by atoms with van der Waals surface area (Å²) in [6.45, 7) is 0.886. The Kier molecular flexibility index (Phi) is 4.37. The first-order chi connectivity index (χ1) is 8.18. The van der Waals surface area contributed by atoms with Crippen molar-refractivity contribution in [3.63, 3.8) is 0 Å². The van der Waals surface area contributed by atoms with Crippen molar-refractivity contribution < 1.29 is 9.50 Å². The second kappa shape index (κ2) is 5.80. The number of aliphatic hydroxyl groups is 1. The summed E-state index contributed by atoms with van der Waals surface area (Å²) in [5.74, 6) is -0.434. The first-order valence-corrected chi connectivity index (χ1v) is 6.42. The van der Waals surface area contributed by atoms with Gasteiger partial charge in [0.2, 0.25) is 0 Å². The van der Waals surface area contributed by atoms with E-state index in [1.165, 1.54) is 12.5 Å². The SMILES string of the molecule is OC(c1ccc(Cl)cc1F)C1CCCCCN1. The minimum atomic E-state index is -0.801. The summed E-state index contributed by atoms with van der Waals surface area (Å²) in [4.78, 5) is 0. The molecule has 0 saturated carbocycles. The van der Waals surface area contributed by atoms with Gasteiger partial charge < -0.3 is 10.4 Å². The van der Waals surface area contributed by atoms with Crippen LogP contribution in [0.5, 0.6) is 0 Å². The summed E-state index contributed by atoms with van der Waals surface area (Å²) in [7, 11) is 0. The number of halogens is 2. The second-order valence-electron chi connectivity index (χ2n) is 4.52. The van der Waals surface area contributed by atoms with Gasteiger partial charge in [-0.25, -0.2) is 4.39 Å². The van der Waals surface area contributed by atoms with Crippen LogP contribution in [0, 0.1) is 5.82 Å². The van der Waals surface area contributed by atoms with Crippen LogP contribution in [0.1, 0.15) is 37.4 Å². The zero-order valence-electron chi connectivity index (χ0n) is 9.63. The Morgan fingerprint density at radius 2 is 2.18 bits per heavy atom. The molecule has 1 fully saturated rings. The number of benzene rings is 1. The van der Waals surface area contributed by atoms with Gasteiger partial charge in [0.05, 0.1) is 6.10 Å². The van der Waals surface area contributed by atoms with Crippen molar-refractivity contribution >= 4 is 11.6 Å². The predicted octanol–water partition coefficient (Wildman–Crippen LogP) is 3.04. The average Bonchev–Trinajstić information content (AvgIpc) is 2.56. The largest absolute Gasteiger partial charge is 0.387 e. The van der Waals surface area contributed by atoms with E-state index in [1.807, 2.05) is 0 Å². The maximum absolute atomic E-state index is 13.7. The van der Waals surface area contributed by atoms with Crippen LogP contribution in [0.2, 0.25) is 5.02 Å². The fourth-order valence-electron chi connectivity index (χ4n) is 2.28. The summed E-state index contributed by atoms with van der Waals surface area (Å²) in [6, 6.07) is 4.36. The summed E-state index contributed by atoms with van der Waals surface area (Å²) in [5, 5.41) is 13.8. The molecule has 2 rings (SSSR count). The average molecular weight is 258 g/mol. The predicted molar refractivity (Wildman–Crippen MR) is 66.6 cm³/mol. The van der Waals surface area contributed by atoms with Gasteiger partial charge >= 0.3 is 0 Å². The number of hydrogen-bond acceptors (Lipinski definition) is 2. The van der Waals surface area contributed by atoms with Crippen LogP contribution < -0.4 is 5.32 Å². The molecule has 4 heteroatoms. The fourth-order valence-corrected chi connectivity index (χ4v) is 2.44. The molecule has 1 heterocycles. The summed E-state index contributed by atoms with van der Waals surface area (Å²) < 4.78 is 13.7. The third kappa shape index (κ3) is 3.18. The molecule has 1 aromatic rings. The van der Waals surface area contributed by atoms with Crippen LogP contribution in [-0.2, 0) is 0 Å². The number of rotatable bonds is 2. The van der Waals surface area contributed by atoms with Crippen LogP contribution in [-0.4, -0.2) is 17.7 Å². The first kappa shape index (κ1) is 12.8. The molecule has 1 aromatic carbocycles. The van der Waals surface area contributed by atoms with E-state index in [9.17, 15) is 9.50 Å². The topological polar surface area (TPSA) is 32.3 Å². The van der Waals surface area contributed by atoms with E-state index in [4.69, 9.17) is 11.6 Å². The van der Waals surface area contributed by atoms with E-state index in [0.29, 0.717) is 10.6 Å². The minimum Gasteiger partial charge on any atom is -0.387 e. The molecule has 0 bridgehead atoms. The van der Waals surface area contributed by atoms with E-state index >= 15 is 0 Å². The van der Waals surface area contributed by atoms with Gasteiger partial charge in [-0.3, -0.25) is 0 Å². The van der Waals surface area contributed by atoms with E-state index in [2.05, 4.69) is 5.32 Å². The fraction of sp³-hybridized carbons (Fsp3) is 0.538. The minimum absolute atomic E-state index is 0.0619. The normalized spacial score (nSPS) is 23.1. The lowest BCUT2D eigenvalue weighted by molar-refractivity contribution is 0.122. The maximum atomic E-state index is 13.7. The Balaban J connectivity index is 2.14. The molecule has 0 aromatic heterocycles. The Morgan fingerprint density at radius 3 is 2.94 bits per heavy atom. The van der Waals surface area contributed by atoms with Crippen molar-refractivity contribution in [1.29, 1.82) is 0 Å². The Labute approximate surface area is 106 Å². The van der Waals surface area contributed by atoms with Crippen LogP contribution in [0.4, 0.5) is 4.39 Å². The number of nitrogens with one attached hydrogen (secondary N) is 1. The molecule has 0 spiro atoms. The van der Waals surface area contributed by atoms with E-state index in [-0.39, 0.29) is 6.04 Å². The van der Waals surface area contributed by atoms with Gasteiger partial charge in [-0.05, 0) is 31.5 Å². The smallest absolute Gasteiger partial charge is 0.130 e. The maximum Gasteiger partial charge on any atom is 0.130 e. The van der Waals surface area contributed by atoms with Gasteiger partial charge in [-0.2, -0.15) is 0 Å².